The van der Waals surface area contributed by atoms with Crippen LogP contribution in [0.1, 0.15) is 0 Å². The first-order chi connectivity index (χ1) is 0. The Morgan fingerprint density at radius 2 is 0.800 bits per heavy atom. The maximum absolute atomic E-state index is 0. The molecule has 0 saturated heterocycles. The van der Waals surface area contributed by atoms with E-state index in [1.54, 1.807) is 0 Å². The molecule has 0 saturated carbocycles. The predicted octanol–water partition coefficient (Wildman–Crippen LogP) is -6.23. The van der Waals surface area contributed by atoms with Crippen LogP contribution in [0.2, 0.25) is 0 Å². The minimum absolute atomic E-state index is 0. The van der Waals surface area contributed by atoms with Gasteiger partial charge < -0.3 is 11.0 Å². The van der Waals surface area contributed by atoms with Crippen LogP contribution in [0, 0.1) is 0 Å². The van der Waals surface area contributed by atoms with Gasteiger partial charge in [-0.15, -0.1) is 0 Å². The molecule has 0 bridgehead atoms. The van der Waals surface area contributed by atoms with Gasteiger partial charge in [0.15, 0.2) is 0 Å². The summed E-state index contributed by atoms with van der Waals surface area (Å²) in [7, 11) is 0. The summed E-state index contributed by atoms with van der Waals surface area (Å²) in [5.41, 5.74) is 0. The van der Waals surface area contributed by atoms with Crippen molar-refractivity contribution >= 4 is 0 Å². The van der Waals surface area contributed by atoms with Crippen LogP contribution in [-0.4, -0.2) is 0 Å². The molecule has 0 aromatic heterocycles. The Kier molecular flexibility index (Phi) is 468. The molecule has 0 fully saturated rings. The Hall–Kier alpha value is 2.01. The minimum Gasteiger partial charge on any atom is -2.00 e. The van der Waals surface area contributed by atoms with Crippen molar-refractivity contribution < 1.29 is 75.9 Å². The molecule has 24 valence electrons. The van der Waals surface area contributed by atoms with Crippen molar-refractivity contribution in [3.8, 4) is 0 Å². The summed E-state index contributed by atoms with van der Waals surface area (Å²) < 4.78 is 0. The molecule has 0 aliphatic heterocycles. The van der Waals surface area contributed by atoms with Gasteiger partial charge in [-0.3, -0.25) is 0 Å². The van der Waals surface area contributed by atoms with E-state index in [1.165, 1.54) is 0 Å². The summed E-state index contributed by atoms with van der Waals surface area (Å²) in [6.07, 6.45) is 0. The van der Waals surface area contributed by atoms with Crippen LogP contribution in [0.5, 0.6) is 0 Å². The van der Waals surface area contributed by atoms with Gasteiger partial charge in [0.1, 0.15) is 0 Å². The molecule has 5 heteroatoms. The third-order valence-electron chi connectivity index (χ3n) is 0. The fraction of sp³-hybridized carbons (Fsp3) is 0. The van der Waals surface area contributed by atoms with Crippen molar-refractivity contribution in [2.24, 2.45) is 0 Å². The van der Waals surface area contributed by atoms with Crippen LogP contribution in [0.4, 0.5) is 0 Å². The molecule has 0 unspecified atom stereocenters. The van der Waals surface area contributed by atoms with Gasteiger partial charge >= 0.3 is 64.9 Å². The fourth-order valence-corrected chi connectivity index (χ4v) is 0. The molecule has 0 aliphatic carbocycles. The van der Waals surface area contributed by atoms with E-state index in [1.807, 2.05) is 0 Å². The van der Waals surface area contributed by atoms with Gasteiger partial charge in [0.25, 0.3) is 0 Å². The molecular formula is LiNaNiO2. The van der Waals surface area contributed by atoms with Gasteiger partial charge in [-0.05, 0) is 0 Å². The second-order valence-corrected chi connectivity index (χ2v) is 0. The second kappa shape index (κ2) is 37.3. The molecule has 0 N–H and O–H groups in total. The van der Waals surface area contributed by atoms with Crippen LogP contribution in [0.25, 0.3) is 0 Å². The third kappa shape index (κ3) is 23.9. The van der Waals surface area contributed by atoms with Crippen LogP contribution in [-0.2, 0) is 27.4 Å². The molecule has 0 aliphatic rings. The summed E-state index contributed by atoms with van der Waals surface area (Å²) in [4.78, 5) is 0. The maximum Gasteiger partial charge on any atom is 2.00 e. The van der Waals surface area contributed by atoms with Gasteiger partial charge in [0.2, 0.25) is 0 Å². The van der Waals surface area contributed by atoms with Crippen LogP contribution < -0.4 is 48.4 Å². The van der Waals surface area contributed by atoms with E-state index < -0.39 is 0 Å². The summed E-state index contributed by atoms with van der Waals surface area (Å²) in [6, 6.07) is 0. The summed E-state index contributed by atoms with van der Waals surface area (Å²) in [5, 5.41) is 0. The Bertz CT molecular complexity index is 9.61. The Labute approximate surface area is 75.1 Å². The smallest absolute Gasteiger partial charge is 2.00 e. The number of hydrogen-bond donors (Lipinski definition) is 0. The first-order valence-corrected chi connectivity index (χ1v) is 0. The van der Waals surface area contributed by atoms with E-state index in [2.05, 4.69) is 0 Å². The van der Waals surface area contributed by atoms with Crippen molar-refractivity contribution in [2.45, 2.75) is 0 Å². The predicted molar refractivity (Wildman–Crippen MR) is 1.37 cm³/mol. The van der Waals surface area contributed by atoms with E-state index in [0.29, 0.717) is 0 Å². The van der Waals surface area contributed by atoms with Crippen molar-refractivity contribution in [1.29, 1.82) is 0 Å². The maximum atomic E-state index is 0. The summed E-state index contributed by atoms with van der Waals surface area (Å²) in [5.74, 6) is 0. The zero-order valence-electron chi connectivity index (χ0n) is 3.13. The number of hydrogen-bond acceptors (Lipinski definition) is 0. The molecule has 2 nitrogen and oxygen atoms in total. The summed E-state index contributed by atoms with van der Waals surface area (Å²) in [6.45, 7) is 0. The van der Waals surface area contributed by atoms with Crippen molar-refractivity contribution in [1.82, 2.24) is 0 Å². The zero-order valence-corrected chi connectivity index (χ0v) is 6.12. The van der Waals surface area contributed by atoms with E-state index in [4.69, 9.17) is 0 Å². The fourth-order valence-electron chi connectivity index (χ4n) is 0. The first kappa shape index (κ1) is 62.6. The molecule has 0 amide bonds. The van der Waals surface area contributed by atoms with Gasteiger partial charge in [0.05, 0.1) is 0 Å². The molecule has 0 radical (unpaired) electrons. The molecule has 0 rings (SSSR count). The normalized spacial score (nSPS) is 0. The molecule has 0 aromatic carbocycles. The van der Waals surface area contributed by atoms with E-state index in [-0.39, 0.29) is 75.9 Å². The Balaban J connectivity index is 0. The number of rotatable bonds is 0. The standard InChI is InChI=1S/Li.Na.Ni.2O/q2*+1;+2;2*-2. The first-order valence-electron chi connectivity index (χ1n) is 0. The van der Waals surface area contributed by atoms with E-state index >= 15 is 0 Å². The van der Waals surface area contributed by atoms with Crippen LogP contribution >= 0.6 is 0 Å². The average molecular weight is 121 g/mol. The molecule has 0 spiro atoms. The Morgan fingerprint density at radius 3 is 0.800 bits per heavy atom. The van der Waals surface area contributed by atoms with E-state index in [0.717, 1.165) is 0 Å². The van der Waals surface area contributed by atoms with Crippen molar-refractivity contribution in [3.63, 3.8) is 0 Å². The molecule has 0 atom stereocenters. The second-order valence-electron chi connectivity index (χ2n) is 0. The molecule has 0 aromatic rings. The SMILES string of the molecule is [Li+].[Na+].[Ni+2].[O-2].[O-2]. The monoisotopic (exact) mass is 120 g/mol. The van der Waals surface area contributed by atoms with E-state index in [9.17, 15) is 0 Å². The van der Waals surface area contributed by atoms with Gasteiger partial charge in [0, 0.05) is 0 Å². The zero-order chi connectivity index (χ0) is 0. The van der Waals surface area contributed by atoms with Gasteiger partial charge in [-0.25, -0.2) is 0 Å². The third-order valence-corrected chi connectivity index (χ3v) is 0. The molecular weight excluding hydrogens is 121 g/mol. The van der Waals surface area contributed by atoms with Crippen LogP contribution in [0.3, 0.4) is 0 Å². The summed E-state index contributed by atoms with van der Waals surface area (Å²) >= 11 is 0. The topological polar surface area (TPSA) is 57.0 Å². The average Bonchev–Trinajstić information content (AvgIpc) is 0. The van der Waals surface area contributed by atoms with Crippen molar-refractivity contribution in [3.05, 3.63) is 0 Å². The van der Waals surface area contributed by atoms with Gasteiger partial charge in [-0.1, -0.05) is 0 Å². The minimum atomic E-state index is 0. The van der Waals surface area contributed by atoms with Crippen LogP contribution in [0.15, 0.2) is 0 Å². The van der Waals surface area contributed by atoms with Crippen molar-refractivity contribution in [2.75, 3.05) is 0 Å². The molecule has 0 heterocycles. The molecule has 5 heavy (non-hydrogen) atoms. The largest absolute Gasteiger partial charge is 2.00 e. The van der Waals surface area contributed by atoms with Gasteiger partial charge in [-0.2, -0.15) is 0 Å². The quantitative estimate of drug-likeness (QED) is 0.286. The Morgan fingerprint density at radius 1 is 0.800 bits per heavy atom.